The minimum absolute atomic E-state index is 0.0382. The maximum Gasteiger partial charge on any atom is 0.129 e. The van der Waals surface area contributed by atoms with E-state index in [1.807, 2.05) is 0 Å². The van der Waals surface area contributed by atoms with Crippen LogP contribution in [0.15, 0.2) is 23.2 Å². The molecule has 0 atom stereocenters. The van der Waals surface area contributed by atoms with Crippen LogP contribution < -0.4 is 5.32 Å². The average molecular weight is 240 g/mol. The molecule has 2 aliphatic carbocycles. The summed E-state index contributed by atoms with van der Waals surface area (Å²) in [5.74, 6) is 0. The summed E-state index contributed by atoms with van der Waals surface area (Å²) in [5.41, 5.74) is 5.69. The molecular formula is C16H20N2. The molecule has 1 aromatic rings. The Morgan fingerprint density at radius 2 is 1.89 bits per heavy atom. The fourth-order valence-corrected chi connectivity index (χ4v) is 3.85. The van der Waals surface area contributed by atoms with Gasteiger partial charge in [0.25, 0.3) is 0 Å². The molecule has 1 spiro atoms. The molecule has 0 aromatic heterocycles. The van der Waals surface area contributed by atoms with Gasteiger partial charge in [-0.3, -0.25) is 4.99 Å². The van der Waals surface area contributed by atoms with Crippen LogP contribution >= 0.6 is 0 Å². The molecule has 1 fully saturated rings. The topological polar surface area (TPSA) is 24.4 Å². The third kappa shape index (κ3) is 1.51. The fraction of sp³-hybridized carbons (Fsp3) is 0.562. The molecule has 1 aliphatic heterocycles. The molecule has 2 heteroatoms. The predicted octanol–water partition coefficient (Wildman–Crippen LogP) is 3.90. The van der Waals surface area contributed by atoms with E-state index in [2.05, 4.69) is 23.5 Å². The maximum absolute atomic E-state index is 5.15. The van der Waals surface area contributed by atoms with Crippen LogP contribution in [0.3, 0.4) is 0 Å². The summed E-state index contributed by atoms with van der Waals surface area (Å²) in [4.78, 5) is 5.15. The summed E-state index contributed by atoms with van der Waals surface area (Å²) in [5, 5.41) is 3.76. The van der Waals surface area contributed by atoms with E-state index in [0.29, 0.717) is 0 Å². The number of nitrogens with one attached hydrogen (secondary N) is 1. The number of hydrogen-bond acceptors (Lipinski definition) is 2. The van der Waals surface area contributed by atoms with Crippen LogP contribution in [-0.2, 0) is 6.42 Å². The number of nitrogens with zero attached hydrogens (tertiary/aromatic N) is 1. The van der Waals surface area contributed by atoms with Gasteiger partial charge in [0.15, 0.2) is 0 Å². The largest absolute Gasteiger partial charge is 0.361 e. The molecule has 0 unspecified atom stereocenters. The van der Waals surface area contributed by atoms with Crippen LogP contribution in [0.4, 0.5) is 5.69 Å². The van der Waals surface area contributed by atoms with E-state index in [4.69, 9.17) is 4.99 Å². The lowest BCUT2D eigenvalue weighted by Crippen LogP contribution is -2.43. The molecule has 94 valence electrons. The Morgan fingerprint density at radius 3 is 2.78 bits per heavy atom. The van der Waals surface area contributed by atoms with Gasteiger partial charge in [-0.15, -0.1) is 0 Å². The van der Waals surface area contributed by atoms with Crippen molar-refractivity contribution in [2.24, 2.45) is 4.99 Å². The van der Waals surface area contributed by atoms with Crippen molar-refractivity contribution < 1.29 is 0 Å². The first-order chi connectivity index (χ1) is 8.86. The summed E-state index contributed by atoms with van der Waals surface area (Å²) in [6, 6.07) is 6.72. The number of aryl methyl sites for hydroxylation is 1. The normalized spacial score (nSPS) is 24.1. The van der Waals surface area contributed by atoms with Crippen molar-refractivity contribution >= 4 is 11.4 Å². The SMILES string of the molecule is c1cc2c3c(c1)NC1(CCCCC1)N=C3CCC2. The van der Waals surface area contributed by atoms with Gasteiger partial charge in [-0.05, 0) is 56.6 Å². The highest BCUT2D eigenvalue weighted by Gasteiger charge is 2.37. The van der Waals surface area contributed by atoms with E-state index >= 15 is 0 Å². The predicted molar refractivity (Wildman–Crippen MR) is 75.4 cm³/mol. The summed E-state index contributed by atoms with van der Waals surface area (Å²) in [6.45, 7) is 0. The molecule has 1 N–H and O–H groups in total. The number of hydrogen-bond donors (Lipinski definition) is 1. The lowest BCUT2D eigenvalue weighted by Gasteiger charge is -2.41. The third-order valence-electron chi connectivity index (χ3n) is 4.70. The van der Waals surface area contributed by atoms with Gasteiger partial charge >= 0.3 is 0 Å². The molecule has 4 rings (SSSR count). The second-order valence-electron chi connectivity index (χ2n) is 5.97. The molecule has 1 heterocycles. The van der Waals surface area contributed by atoms with Gasteiger partial charge < -0.3 is 5.32 Å². The molecule has 3 aliphatic rings. The van der Waals surface area contributed by atoms with Gasteiger partial charge in [-0.1, -0.05) is 18.6 Å². The minimum atomic E-state index is 0.0382. The highest BCUT2D eigenvalue weighted by molar-refractivity contribution is 6.08. The minimum Gasteiger partial charge on any atom is -0.361 e. The van der Waals surface area contributed by atoms with Crippen molar-refractivity contribution in [3.05, 3.63) is 29.3 Å². The second-order valence-corrected chi connectivity index (χ2v) is 5.97. The maximum atomic E-state index is 5.15. The Morgan fingerprint density at radius 1 is 1.00 bits per heavy atom. The van der Waals surface area contributed by atoms with Crippen LogP contribution in [0.25, 0.3) is 0 Å². The van der Waals surface area contributed by atoms with Crippen LogP contribution in [0.2, 0.25) is 0 Å². The van der Waals surface area contributed by atoms with E-state index < -0.39 is 0 Å². The summed E-state index contributed by atoms with van der Waals surface area (Å²) in [7, 11) is 0. The van der Waals surface area contributed by atoms with Gasteiger partial charge in [0.05, 0.1) is 0 Å². The zero-order chi connectivity index (χ0) is 12.0. The summed E-state index contributed by atoms with van der Waals surface area (Å²) in [6.07, 6.45) is 10.1. The molecule has 0 bridgehead atoms. The van der Waals surface area contributed by atoms with Crippen LogP contribution in [-0.4, -0.2) is 11.4 Å². The standard InChI is InChI=1S/C16H20N2/c1-2-10-16(11-3-1)17-13-8-4-6-12-7-5-9-14(18-16)15(12)13/h4,6,8,17H,1-3,5,7,9-11H2. The molecule has 0 amide bonds. The Hall–Kier alpha value is -1.31. The zero-order valence-corrected chi connectivity index (χ0v) is 10.8. The number of anilines is 1. The Kier molecular flexibility index (Phi) is 2.26. The zero-order valence-electron chi connectivity index (χ0n) is 10.8. The number of benzene rings is 1. The first kappa shape index (κ1) is 10.6. The molecule has 0 radical (unpaired) electrons. The van der Waals surface area contributed by atoms with Crippen LogP contribution in [0, 0.1) is 0 Å². The number of aliphatic imine (C=N–C) groups is 1. The van der Waals surface area contributed by atoms with Gasteiger partial charge in [-0.25, -0.2) is 0 Å². The molecule has 1 saturated carbocycles. The molecule has 2 nitrogen and oxygen atoms in total. The average Bonchev–Trinajstić information content (AvgIpc) is 2.40. The Labute approximate surface area is 109 Å². The molecule has 1 aromatic carbocycles. The van der Waals surface area contributed by atoms with Gasteiger partial charge in [0.2, 0.25) is 0 Å². The van der Waals surface area contributed by atoms with Crippen molar-refractivity contribution in [3.63, 3.8) is 0 Å². The first-order valence-corrected chi connectivity index (χ1v) is 7.36. The smallest absolute Gasteiger partial charge is 0.129 e. The molecular weight excluding hydrogens is 220 g/mol. The monoisotopic (exact) mass is 240 g/mol. The van der Waals surface area contributed by atoms with E-state index in [0.717, 1.165) is 0 Å². The Bertz CT molecular complexity index is 510. The van der Waals surface area contributed by atoms with Crippen LogP contribution in [0.1, 0.15) is 56.1 Å². The summed E-state index contributed by atoms with van der Waals surface area (Å²) >= 11 is 0. The van der Waals surface area contributed by atoms with Crippen molar-refractivity contribution in [2.45, 2.75) is 57.0 Å². The van der Waals surface area contributed by atoms with Crippen molar-refractivity contribution in [3.8, 4) is 0 Å². The lowest BCUT2D eigenvalue weighted by molar-refractivity contribution is 0.333. The van der Waals surface area contributed by atoms with Gasteiger partial charge in [-0.2, -0.15) is 0 Å². The van der Waals surface area contributed by atoms with Gasteiger partial charge in [0.1, 0.15) is 5.66 Å². The van der Waals surface area contributed by atoms with Crippen molar-refractivity contribution in [2.75, 3.05) is 5.32 Å². The summed E-state index contributed by atoms with van der Waals surface area (Å²) < 4.78 is 0. The first-order valence-electron chi connectivity index (χ1n) is 7.36. The van der Waals surface area contributed by atoms with Crippen molar-refractivity contribution in [1.82, 2.24) is 0 Å². The van der Waals surface area contributed by atoms with E-state index in [-0.39, 0.29) is 5.66 Å². The van der Waals surface area contributed by atoms with Crippen molar-refractivity contribution in [1.29, 1.82) is 0 Å². The van der Waals surface area contributed by atoms with Gasteiger partial charge in [0, 0.05) is 17.0 Å². The van der Waals surface area contributed by atoms with E-state index in [9.17, 15) is 0 Å². The van der Waals surface area contributed by atoms with Crippen LogP contribution in [0.5, 0.6) is 0 Å². The highest BCUT2D eigenvalue weighted by atomic mass is 15.2. The Balaban J connectivity index is 1.84. The van der Waals surface area contributed by atoms with E-state index in [1.54, 1.807) is 0 Å². The third-order valence-corrected chi connectivity index (χ3v) is 4.70. The quantitative estimate of drug-likeness (QED) is 0.730. The molecule has 18 heavy (non-hydrogen) atoms. The highest BCUT2D eigenvalue weighted by Crippen LogP contribution is 2.40. The number of rotatable bonds is 0. The van der Waals surface area contributed by atoms with E-state index in [1.165, 1.54) is 73.9 Å². The lowest BCUT2D eigenvalue weighted by atomic mass is 9.82. The second kappa shape index (κ2) is 3.84. The molecule has 0 saturated heterocycles. The fourth-order valence-electron chi connectivity index (χ4n) is 3.85.